The van der Waals surface area contributed by atoms with Gasteiger partial charge in [0.15, 0.2) is 5.89 Å². The zero-order valence-corrected chi connectivity index (χ0v) is 14.4. The molecule has 1 aliphatic rings. The van der Waals surface area contributed by atoms with E-state index in [1.165, 1.54) is 0 Å². The Bertz CT molecular complexity index is 755. The number of aromatic nitrogens is 1. The molecule has 8 heteroatoms. The first-order valence-corrected chi connectivity index (χ1v) is 8.73. The minimum atomic E-state index is -3.54. The summed E-state index contributed by atoms with van der Waals surface area (Å²) in [6.07, 6.45) is 3.62. The molecule has 1 aromatic carbocycles. The number of nitrogens with one attached hydrogen (secondary N) is 1. The second kappa shape index (κ2) is 7.00. The number of sulfonamides is 1. The van der Waals surface area contributed by atoms with Crippen LogP contribution in [-0.4, -0.2) is 26.0 Å². The van der Waals surface area contributed by atoms with E-state index < -0.39 is 10.0 Å². The third-order valence-corrected chi connectivity index (χ3v) is 5.34. The highest BCUT2D eigenvalue weighted by Gasteiger charge is 2.33. The van der Waals surface area contributed by atoms with E-state index in [4.69, 9.17) is 10.2 Å². The average Bonchev–Trinajstić information content (AvgIpc) is 3.26. The SMILES string of the molecule is Cc1nc(-c2ccc(S(=O)(=O)NC(CN)C3CC3)cc2)co1.Cl. The lowest BCUT2D eigenvalue weighted by Crippen LogP contribution is -2.41. The fourth-order valence-corrected chi connectivity index (χ4v) is 3.72. The summed E-state index contributed by atoms with van der Waals surface area (Å²) >= 11 is 0. The molecule has 1 atom stereocenters. The van der Waals surface area contributed by atoms with Crippen LogP contribution >= 0.6 is 12.4 Å². The molecule has 0 saturated heterocycles. The van der Waals surface area contributed by atoms with E-state index in [0.29, 0.717) is 24.0 Å². The van der Waals surface area contributed by atoms with Gasteiger partial charge in [-0.15, -0.1) is 12.4 Å². The summed E-state index contributed by atoms with van der Waals surface area (Å²) in [6, 6.07) is 6.41. The number of hydrogen-bond acceptors (Lipinski definition) is 5. The van der Waals surface area contributed by atoms with Gasteiger partial charge in [0.1, 0.15) is 12.0 Å². The monoisotopic (exact) mass is 357 g/mol. The minimum Gasteiger partial charge on any atom is -0.449 e. The molecule has 0 radical (unpaired) electrons. The van der Waals surface area contributed by atoms with E-state index in [-0.39, 0.29) is 23.3 Å². The molecule has 6 nitrogen and oxygen atoms in total. The molecular formula is C15H20ClN3O3S. The molecule has 0 spiro atoms. The number of halogens is 1. The van der Waals surface area contributed by atoms with Crippen molar-refractivity contribution in [3.8, 4) is 11.3 Å². The van der Waals surface area contributed by atoms with Gasteiger partial charge in [-0.25, -0.2) is 18.1 Å². The number of oxazole rings is 1. The fraction of sp³-hybridized carbons (Fsp3) is 0.400. The second-order valence-electron chi connectivity index (χ2n) is 5.58. The van der Waals surface area contributed by atoms with Gasteiger partial charge in [-0.1, -0.05) is 12.1 Å². The van der Waals surface area contributed by atoms with Crippen LogP contribution < -0.4 is 10.5 Å². The molecule has 1 heterocycles. The first-order chi connectivity index (χ1) is 10.5. The largest absolute Gasteiger partial charge is 0.449 e. The third kappa shape index (κ3) is 4.11. The molecule has 1 saturated carbocycles. The highest BCUT2D eigenvalue weighted by atomic mass is 35.5. The maximum atomic E-state index is 12.4. The predicted octanol–water partition coefficient (Wildman–Crippen LogP) is 2.09. The molecule has 3 rings (SSSR count). The Morgan fingerprint density at radius 3 is 2.48 bits per heavy atom. The third-order valence-electron chi connectivity index (χ3n) is 3.83. The van der Waals surface area contributed by atoms with Crippen LogP contribution in [0.4, 0.5) is 0 Å². The second-order valence-corrected chi connectivity index (χ2v) is 7.29. The summed E-state index contributed by atoms with van der Waals surface area (Å²) in [7, 11) is -3.54. The van der Waals surface area contributed by atoms with Gasteiger partial charge in [-0.2, -0.15) is 0 Å². The van der Waals surface area contributed by atoms with E-state index in [0.717, 1.165) is 18.4 Å². The molecule has 1 fully saturated rings. The van der Waals surface area contributed by atoms with Crippen molar-refractivity contribution in [1.82, 2.24) is 9.71 Å². The average molecular weight is 358 g/mol. The number of nitrogens with zero attached hydrogens (tertiary/aromatic N) is 1. The molecule has 1 aromatic heterocycles. The summed E-state index contributed by atoms with van der Waals surface area (Å²) in [5.74, 6) is 0.945. The number of rotatable bonds is 6. The summed E-state index contributed by atoms with van der Waals surface area (Å²) < 4.78 is 32.6. The summed E-state index contributed by atoms with van der Waals surface area (Å²) in [5.41, 5.74) is 7.16. The summed E-state index contributed by atoms with van der Waals surface area (Å²) in [6.45, 7) is 2.08. The van der Waals surface area contributed by atoms with Crippen molar-refractivity contribution in [3.63, 3.8) is 0 Å². The van der Waals surface area contributed by atoms with Crippen LogP contribution in [-0.2, 0) is 10.0 Å². The Morgan fingerprint density at radius 2 is 2.00 bits per heavy atom. The zero-order chi connectivity index (χ0) is 15.7. The minimum absolute atomic E-state index is 0. The van der Waals surface area contributed by atoms with E-state index in [1.807, 2.05) is 0 Å². The fourth-order valence-electron chi connectivity index (χ4n) is 2.40. The quantitative estimate of drug-likeness (QED) is 0.824. The number of benzene rings is 1. The van der Waals surface area contributed by atoms with Crippen LogP contribution in [0, 0.1) is 12.8 Å². The molecule has 0 aliphatic heterocycles. The molecule has 2 aromatic rings. The number of nitrogens with two attached hydrogens (primary N) is 1. The highest BCUT2D eigenvalue weighted by molar-refractivity contribution is 7.89. The van der Waals surface area contributed by atoms with Crippen molar-refractivity contribution in [2.45, 2.75) is 30.7 Å². The van der Waals surface area contributed by atoms with Crippen LogP contribution in [0.25, 0.3) is 11.3 Å². The molecule has 0 bridgehead atoms. The topological polar surface area (TPSA) is 98.2 Å². The highest BCUT2D eigenvalue weighted by Crippen LogP contribution is 2.33. The van der Waals surface area contributed by atoms with Crippen molar-refractivity contribution >= 4 is 22.4 Å². The van der Waals surface area contributed by atoms with Gasteiger partial charge < -0.3 is 10.2 Å². The van der Waals surface area contributed by atoms with E-state index in [2.05, 4.69) is 9.71 Å². The van der Waals surface area contributed by atoms with Crippen LogP contribution in [0.1, 0.15) is 18.7 Å². The first-order valence-electron chi connectivity index (χ1n) is 7.24. The lowest BCUT2D eigenvalue weighted by molar-refractivity contribution is 0.519. The standard InChI is InChI=1S/C15H19N3O3S.ClH/c1-10-17-15(9-21-10)12-4-6-13(7-5-12)22(19,20)18-14(8-16)11-2-3-11;/h4-7,9,11,14,18H,2-3,8,16H2,1H3;1H. The van der Waals surface area contributed by atoms with Gasteiger partial charge in [0, 0.05) is 25.1 Å². The van der Waals surface area contributed by atoms with Gasteiger partial charge >= 0.3 is 0 Å². The van der Waals surface area contributed by atoms with Crippen LogP contribution in [0.2, 0.25) is 0 Å². The molecule has 1 unspecified atom stereocenters. The van der Waals surface area contributed by atoms with E-state index >= 15 is 0 Å². The van der Waals surface area contributed by atoms with Gasteiger partial charge in [-0.3, -0.25) is 0 Å². The van der Waals surface area contributed by atoms with Gasteiger partial charge in [0.05, 0.1) is 4.90 Å². The van der Waals surface area contributed by atoms with Crippen LogP contribution in [0.15, 0.2) is 39.8 Å². The zero-order valence-electron chi connectivity index (χ0n) is 12.7. The molecule has 23 heavy (non-hydrogen) atoms. The summed E-state index contributed by atoms with van der Waals surface area (Å²) in [4.78, 5) is 4.45. The molecule has 3 N–H and O–H groups in total. The Balaban J connectivity index is 0.00000192. The smallest absolute Gasteiger partial charge is 0.240 e. The lowest BCUT2D eigenvalue weighted by atomic mass is 10.2. The maximum Gasteiger partial charge on any atom is 0.240 e. The number of aryl methyl sites for hydroxylation is 1. The Labute approximate surface area is 141 Å². The van der Waals surface area contributed by atoms with Crippen molar-refractivity contribution in [3.05, 3.63) is 36.4 Å². The molecule has 1 aliphatic carbocycles. The van der Waals surface area contributed by atoms with Crippen molar-refractivity contribution in [1.29, 1.82) is 0 Å². The van der Waals surface area contributed by atoms with Crippen molar-refractivity contribution in [2.75, 3.05) is 6.54 Å². The van der Waals surface area contributed by atoms with Crippen LogP contribution in [0.3, 0.4) is 0 Å². The van der Waals surface area contributed by atoms with Crippen molar-refractivity contribution in [2.24, 2.45) is 11.7 Å². The normalized spacial score (nSPS) is 15.9. The van der Waals surface area contributed by atoms with Gasteiger partial charge in [0.2, 0.25) is 10.0 Å². The molecule has 0 amide bonds. The maximum absolute atomic E-state index is 12.4. The van der Waals surface area contributed by atoms with E-state index in [9.17, 15) is 8.42 Å². The Kier molecular flexibility index (Phi) is 5.46. The number of hydrogen-bond donors (Lipinski definition) is 2. The van der Waals surface area contributed by atoms with Gasteiger partial charge in [0.25, 0.3) is 0 Å². The van der Waals surface area contributed by atoms with E-state index in [1.54, 1.807) is 37.5 Å². The molecule has 126 valence electrons. The predicted molar refractivity (Wildman–Crippen MR) is 89.8 cm³/mol. The summed E-state index contributed by atoms with van der Waals surface area (Å²) in [5, 5.41) is 0. The van der Waals surface area contributed by atoms with Gasteiger partial charge in [-0.05, 0) is 30.9 Å². The Morgan fingerprint density at radius 1 is 1.35 bits per heavy atom. The first kappa shape index (κ1) is 17.9. The van der Waals surface area contributed by atoms with Crippen LogP contribution in [0.5, 0.6) is 0 Å². The van der Waals surface area contributed by atoms with Crippen molar-refractivity contribution < 1.29 is 12.8 Å². The molecular weight excluding hydrogens is 338 g/mol. The lowest BCUT2D eigenvalue weighted by Gasteiger charge is -2.16. The Hall–Kier alpha value is -1.41.